The van der Waals surface area contributed by atoms with Gasteiger partial charge in [-0.25, -0.2) is 5.43 Å². The molecule has 0 aliphatic rings. The fourth-order valence-electron chi connectivity index (χ4n) is 2.82. The summed E-state index contributed by atoms with van der Waals surface area (Å²) in [6.07, 6.45) is -3.15. The lowest BCUT2D eigenvalue weighted by molar-refractivity contribution is -0.137. The third-order valence-corrected chi connectivity index (χ3v) is 5.50. The average Bonchev–Trinajstić information content (AvgIpc) is 2.72. The van der Waals surface area contributed by atoms with Gasteiger partial charge in [0.05, 0.1) is 20.7 Å². The minimum Gasteiger partial charge on any atom is -0.487 e. The fraction of sp³-hybridized carbons (Fsp3) is 0.130. The van der Waals surface area contributed by atoms with Crippen LogP contribution in [0.15, 0.2) is 74.7 Å². The first-order valence-corrected chi connectivity index (χ1v) is 10.9. The number of hydrazone groups is 1. The number of hydrogen-bond acceptors (Lipinski definition) is 3. The lowest BCUT2D eigenvalue weighted by Gasteiger charge is -2.12. The molecule has 9 heteroatoms. The van der Waals surface area contributed by atoms with Gasteiger partial charge in [-0.1, -0.05) is 35.9 Å². The Hall–Kier alpha value is -2.65. The minimum absolute atomic E-state index is 0.140. The van der Waals surface area contributed by atoms with Crippen LogP contribution in [0.25, 0.3) is 0 Å². The average molecular weight is 570 g/mol. The molecule has 0 heterocycles. The highest BCUT2D eigenvalue weighted by Gasteiger charge is 2.30. The first-order valence-electron chi connectivity index (χ1n) is 9.31. The van der Waals surface area contributed by atoms with Crippen molar-refractivity contribution in [3.8, 4) is 5.75 Å². The van der Waals surface area contributed by atoms with E-state index in [2.05, 4.69) is 42.4 Å². The summed E-state index contributed by atoms with van der Waals surface area (Å²) >= 11 is 6.92. The number of amides is 1. The van der Waals surface area contributed by atoms with Crippen molar-refractivity contribution in [3.63, 3.8) is 0 Å². The van der Waals surface area contributed by atoms with Crippen molar-refractivity contribution in [1.82, 2.24) is 5.43 Å². The summed E-state index contributed by atoms with van der Waals surface area (Å²) in [5.41, 5.74) is 4.00. The maximum atomic E-state index is 12.8. The van der Waals surface area contributed by atoms with Gasteiger partial charge in [0.1, 0.15) is 12.4 Å². The number of rotatable bonds is 6. The number of halogens is 5. The van der Waals surface area contributed by atoms with Crippen LogP contribution in [0, 0.1) is 6.92 Å². The third kappa shape index (κ3) is 6.43. The normalized spacial score (nSPS) is 11.6. The molecule has 1 N–H and O–H groups in total. The second-order valence-electron chi connectivity index (χ2n) is 6.87. The Labute approximate surface area is 199 Å². The van der Waals surface area contributed by atoms with Crippen molar-refractivity contribution >= 4 is 44.0 Å². The van der Waals surface area contributed by atoms with Crippen molar-refractivity contribution in [1.29, 1.82) is 0 Å². The van der Waals surface area contributed by atoms with E-state index in [1.807, 2.05) is 31.2 Å². The summed E-state index contributed by atoms with van der Waals surface area (Å²) in [6, 6.07) is 15.6. The van der Waals surface area contributed by atoms with E-state index < -0.39 is 17.6 Å². The highest BCUT2D eigenvalue weighted by molar-refractivity contribution is 9.11. The Morgan fingerprint density at radius 3 is 2.41 bits per heavy atom. The van der Waals surface area contributed by atoms with Crippen molar-refractivity contribution in [2.75, 3.05) is 0 Å². The van der Waals surface area contributed by atoms with Gasteiger partial charge in [-0.3, -0.25) is 4.79 Å². The molecule has 0 spiro atoms. The molecule has 0 aliphatic carbocycles. The van der Waals surface area contributed by atoms with Crippen LogP contribution in [0.4, 0.5) is 13.2 Å². The lowest BCUT2D eigenvalue weighted by Crippen LogP contribution is -2.18. The lowest BCUT2D eigenvalue weighted by atomic mass is 10.1. The van der Waals surface area contributed by atoms with E-state index in [1.54, 1.807) is 12.1 Å². The zero-order chi connectivity index (χ0) is 23.3. The van der Waals surface area contributed by atoms with E-state index in [1.165, 1.54) is 18.3 Å². The number of nitrogens with one attached hydrogen (secondary N) is 1. The molecule has 32 heavy (non-hydrogen) atoms. The number of carbonyl (C=O) groups is 1. The van der Waals surface area contributed by atoms with Crippen LogP contribution in [0.5, 0.6) is 5.75 Å². The Morgan fingerprint density at radius 2 is 1.75 bits per heavy atom. The number of aryl methyl sites for hydroxylation is 1. The first-order chi connectivity index (χ1) is 15.1. The van der Waals surface area contributed by atoms with Crippen LogP contribution < -0.4 is 10.2 Å². The molecule has 166 valence electrons. The first kappa shape index (κ1) is 24.0. The molecule has 0 radical (unpaired) electrons. The molecule has 4 nitrogen and oxygen atoms in total. The van der Waals surface area contributed by atoms with Gasteiger partial charge in [0.2, 0.25) is 0 Å². The van der Waals surface area contributed by atoms with Crippen molar-refractivity contribution in [2.24, 2.45) is 5.10 Å². The van der Waals surface area contributed by atoms with Crippen LogP contribution in [-0.4, -0.2) is 12.1 Å². The summed E-state index contributed by atoms with van der Waals surface area (Å²) in [6.45, 7) is 2.40. The smallest absolute Gasteiger partial charge is 0.416 e. The highest BCUT2D eigenvalue weighted by atomic mass is 79.9. The molecule has 0 bridgehead atoms. The van der Waals surface area contributed by atoms with Crippen molar-refractivity contribution in [3.05, 3.63) is 97.4 Å². The topological polar surface area (TPSA) is 50.7 Å². The molecule has 0 saturated heterocycles. The quantitative estimate of drug-likeness (QED) is 0.260. The van der Waals surface area contributed by atoms with Crippen LogP contribution >= 0.6 is 31.9 Å². The van der Waals surface area contributed by atoms with E-state index in [9.17, 15) is 18.0 Å². The number of ether oxygens (including phenoxy) is 1. The van der Waals surface area contributed by atoms with E-state index in [4.69, 9.17) is 4.74 Å². The zero-order valence-electron chi connectivity index (χ0n) is 16.7. The van der Waals surface area contributed by atoms with Crippen LogP contribution in [0.3, 0.4) is 0 Å². The molecule has 1 amide bonds. The van der Waals surface area contributed by atoms with Crippen LogP contribution in [-0.2, 0) is 12.8 Å². The standard InChI is InChI=1S/C23H17Br2F3N2O2/c1-14-4-2-5-15(8-14)13-32-21-19(24)9-16(10-20(21)25)12-29-30-22(31)17-6-3-7-18(11-17)23(26,27)28/h2-12H,13H2,1H3,(H,30,31)/b29-12-. The molecular weight excluding hydrogens is 553 g/mol. The largest absolute Gasteiger partial charge is 0.487 e. The summed E-state index contributed by atoms with van der Waals surface area (Å²) in [4.78, 5) is 12.1. The maximum absolute atomic E-state index is 12.8. The molecule has 0 aromatic heterocycles. The molecule has 0 unspecified atom stereocenters. The number of alkyl halides is 3. The predicted molar refractivity (Wildman–Crippen MR) is 124 cm³/mol. The molecule has 0 atom stereocenters. The summed E-state index contributed by atoms with van der Waals surface area (Å²) < 4.78 is 45.7. The number of hydrogen-bond donors (Lipinski definition) is 1. The molecule has 3 aromatic rings. The van der Waals surface area contributed by atoms with E-state index in [0.717, 1.165) is 23.3 Å². The van der Waals surface area contributed by atoms with Gasteiger partial charge in [0, 0.05) is 5.56 Å². The second kappa shape index (κ2) is 10.3. The van der Waals surface area contributed by atoms with E-state index >= 15 is 0 Å². The zero-order valence-corrected chi connectivity index (χ0v) is 19.9. The Balaban J connectivity index is 1.65. The van der Waals surface area contributed by atoms with E-state index in [-0.39, 0.29) is 5.56 Å². The molecule has 3 rings (SSSR count). The Kier molecular flexibility index (Phi) is 7.73. The Bertz CT molecular complexity index is 1140. The molecule has 0 fully saturated rings. The van der Waals surface area contributed by atoms with Gasteiger partial charge in [-0.05, 0) is 80.2 Å². The van der Waals surface area contributed by atoms with Crippen LogP contribution in [0.1, 0.15) is 32.6 Å². The number of nitrogens with zero attached hydrogens (tertiary/aromatic N) is 1. The maximum Gasteiger partial charge on any atom is 0.416 e. The van der Waals surface area contributed by atoms with Gasteiger partial charge < -0.3 is 4.74 Å². The van der Waals surface area contributed by atoms with Crippen LogP contribution in [0.2, 0.25) is 0 Å². The summed E-state index contributed by atoms with van der Waals surface area (Å²) in [7, 11) is 0. The predicted octanol–water partition coefficient (Wildman–Crippen LogP) is 6.88. The molecule has 3 aromatic carbocycles. The van der Waals surface area contributed by atoms with Gasteiger partial charge in [0.25, 0.3) is 5.91 Å². The van der Waals surface area contributed by atoms with Gasteiger partial charge in [-0.2, -0.15) is 18.3 Å². The van der Waals surface area contributed by atoms with Gasteiger partial charge in [0.15, 0.2) is 0 Å². The monoisotopic (exact) mass is 568 g/mol. The minimum atomic E-state index is -4.53. The fourth-order valence-corrected chi connectivity index (χ4v) is 4.27. The molecule has 0 saturated carbocycles. The van der Waals surface area contributed by atoms with Crippen molar-refractivity contribution in [2.45, 2.75) is 19.7 Å². The number of benzene rings is 3. The van der Waals surface area contributed by atoms with Crippen molar-refractivity contribution < 1.29 is 22.7 Å². The summed E-state index contributed by atoms with van der Waals surface area (Å²) in [5.74, 6) is -0.139. The number of carbonyl (C=O) groups excluding carboxylic acids is 1. The van der Waals surface area contributed by atoms with Gasteiger partial charge in [-0.15, -0.1) is 0 Å². The molecule has 0 aliphatic heterocycles. The van der Waals surface area contributed by atoms with E-state index in [0.29, 0.717) is 26.9 Å². The SMILES string of the molecule is Cc1cccc(COc2c(Br)cc(/C=N\NC(=O)c3cccc(C(F)(F)F)c3)cc2Br)c1. The second-order valence-corrected chi connectivity index (χ2v) is 8.58. The summed E-state index contributed by atoms with van der Waals surface area (Å²) in [5, 5.41) is 3.84. The Morgan fingerprint density at radius 1 is 1.06 bits per heavy atom. The molecular formula is C23H17Br2F3N2O2. The van der Waals surface area contributed by atoms with Gasteiger partial charge >= 0.3 is 6.18 Å². The highest BCUT2D eigenvalue weighted by Crippen LogP contribution is 2.35. The third-order valence-electron chi connectivity index (χ3n) is 4.32.